The van der Waals surface area contributed by atoms with Crippen molar-refractivity contribution in [2.24, 2.45) is 11.7 Å². The van der Waals surface area contributed by atoms with Crippen LogP contribution in [-0.2, 0) is 11.2 Å². The van der Waals surface area contributed by atoms with E-state index in [4.69, 9.17) is 10.5 Å². The zero-order valence-electron chi connectivity index (χ0n) is 12.3. The maximum absolute atomic E-state index is 6.44. The third-order valence-electron chi connectivity index (χ3n) is 4.31. The topological polar surface area (TPSA) is 35.2 Å². The minimum Gasteiger partial charge on any atom is -0.378 e. The summed E-state index contributed by atoms with van der Waals surface area (Å²) < 4.78 is 5.75. The summed E-state index contributed by atoms with van der Waals surface area (Å²) in [5.74, 6) is 0.478. The monoisotopic (exact) mass is 261 g/mol. The number of ether oxygens (including phenoxy) is 1. The molecule has 2 nitrogen and oxygen atoms in total. The van der Waals surface area contributed by atoms with E-state index in [2.05, 4.69) is 38.1 Å². The van der Waals surface area contributed by atoms with Gasteiger partial charge in [0.1, 0.15) is 0 Å². The van der Waals surface area contributed by atoms with Crippen LogP contribution in [-0.4, -0.2) is 12.7 Å². The van der Waals surface area contributed by atoms with Crippen molar-refractivity contribution in [3.8, 4) is 0 Å². The molecule has 0 bridgehead atoms. The second-order valence-electron chi connectivity index (χ2n) is 5.64. The number of hydrogen-bond donors (Lipinski definition) is 1. The lowest BCUT2D eigenvalue weighted by atomic mass is 9.87. The smallest absolute Gasteiger partial charge is 0.0619 e. The minimum absolute atomic E-state index is 0.118. The van der Waals surface area contributed by atoms with E-state index < -0.39 is 0 Å². The number of hydrogen-bond acceptors (Lipinski definition) is 2. The van der Waals surface area contributed by atoms with Crippen molar-refractivity contribution in [1.29, 1.82) is 0 Å². The fourth-order valence-corrected chi connectivity index (χ4v) is 3.03. The van der Waals surface area contributed by atoms with Crippen molar-refractivity contribution in [2.45, 2.75) is 58.1 Å². The molecule has 0 aliphatic carbocycles. The summed E-state index contributed by atoms with van der Waals surface area (Å²) in [4.78, 5) is 0. The molecule has 0 amide bonds. The Hall–Kier alpha value is -0.860. The first kappa shape index (κ1) is 14.5. The van der Waals surface area contributed by atoms with Gasteiger partial charge < -0.3 is 10.5 Å². The van der Waals surface area contributed by atoms with E-state index in [9.17, 15) is 0 Å². The Kier molecular flexibility index (Phi) is 5.41. The van der Waals surface area contributed by atoms with Gasteiger partial charge in [0, 0.05) is 18.6 Å². The number of aryl methyl sites for hydroxylation is 1. The quantitative estimate of drug-likeness (QED) is 0.844. The summed E-state index contributed by atoms with van der Waals surface area (Å²) in [6.45, 7) is 5.28. The molecule has 0 radical (unpaired) electrons. The lowest BCUT2D eigenvalue weighted by Crippen LogP contribution is -2.27. The van der Waals surface area contributed by atoms with Crippen LogP contribution >= 0.6 is 0 Å². The standard InChI is InChI=1S/C17H27NO/c1-3-5-6-13-7-9-14(10-8-13)17(18)15-11-12-19-16(15)4-2/h7-10,15-17H,3-6,11-12,18H2,1-2H3. The molecule has 1 aromatic carbocycles. The Balaban J connectivity index is 2.00. The molecule has 1 aliphatic heterocycles. The molecule has 106 valence electrons. The van der Waals surface area contributed by atoms with Crippen molar-refractivity contribution < 1.29 is 4.74 Å². The van der Waals surface area contributed by atoms with Gasteiger partial charge in [-0.25, -0.2) is 0 Å². The van der Waals surface area contributed by atoms with E-state index >= 15 is 0 Å². The van der Waals surface area contributed by atoms with Gasteiger partial charge in [-0.2, -0.15) is 0 Å². The van der Waals surface area contributed by atoms with Crippen LogP contribution in [0.5, 0.6) is 0 Å². The first-order chi connectivity index (χ1) is 9.26. The Morgan fingerprint density at radius 1 is 1.26 bits per heavy atom. The minimum atomic E-state index is 0.118. The molecule has 2 N–H and O–H groups in total. The van der Waals surface area contributed by atoms with E-state index in [0.29, 0.717) is 12.0 Å². The molecule has 0 aromatic heterocycles. The summed E-state index contributed by atoms with van der Waals surface area (Å²) in [6, 6.07) is 9.01. The summed E-state index contributed by atoms with van der Waals surface area (Å²) in [5, 5.41) is 0. The molecule has 2 heteroatoms. The van der Waals surface area contributed by atoms with Crippen LogP contribution in [0.3, 0.4) is 0 Å². The third-order valence-corrected chi connectivity index (χ3v) is 4.31. The zero-order chi connectivity index (χ0) is 13.7. The van der Waals surface area contributed by atoms with Crippen molar-refractivity contribution in [3.05, 3.63) is 35.4 Å². The van der Waals surface area contributed by atoms with Crippen molar-refractivity contribution in [2.75, 3.05) is 6.61 Å². The Morgan fingerprint density at radius 3 is 2.63 bits per heavy atom. The molecular formula is C17H27NO. The van der Waals surface area contributed by atoms with E-state index in [1.54, 1.807) is 0 Å². The van der Waals surface area contributed by atoms with Gasteiger partial charge in [0.2, 0.25) is 0 Å². The SMILES string of the molecule is CCCCc1ccc(C(N)C2CCOC2CC)cc1. The van der Waals surface area contributed by atoms with Crippen LogP contribution in [0.2, 0.25) is 0 Å². The summed E-state index contributed by atoms with van der Waals surface area (Å²) in [5.41, 5.74) is 9.12. The second-order valence-corrected chi connectivity index (χ2v) is 5.64. The van der Waals surface area contributed by atoms with Crippen molar-refractivity contribution >= 4 is 0 Å². The highest BCUT2D eigenvalue weighted by Crippen LogP contribution is 2.33. The molecule has 3 unspecified atom stereocenters. The van der Waals surface area contributed by atoms with Gasteiger partial charge in [-0.15, -0.1) is 0 Å². The third kappa shape index (κ3) is 3.58. The van der Waals surface area contributed by atoms with E-state index in [1.807, 2.05) is 0 Å². The summed E-state index contributed by atoms with van der Waals surface area (Å²) in [7, 11) is 0. The highest BCUT2D eigenvalue weighted by molar-refractivity contribution is 5.25. The molecule has 1 fully saturated rings. The molecule has 0 spiro atoms. The van der Waals surface area contributed by atoms with Gasteiger partial charge in [-0.3, -0.25) is 0 Å². The fraction of sp³-hybridized carbons (Fsp3) is 0.647. The Bertz CT molecular complexity index is 373. The number of nitrogens with two attached hydrogens (primary N) is 1. The Labute approximate surface area is 117 Å². The van der Waals surface area contributed by atoms with Crippen molar-refractivity contribution in [3.63, 3.8) is 0 Å². The van der Waals surface area contributed by atoms with Crippen LogP contribution in [0.25, 0.3) is 0 Å². The van der Waals surface area contributed by atoms with E-state index in [-0.39, 0.29) is 6.04 Å². The van der Waals surface area contributed by atoms with Gasteiger partial charge in [0.15, 0.2) is 0 Å². The molecule has 1 heterocycles. The van der Waals surface area contributed by atoms with Gasteiger partial charge >= 0.3 is 0 Å². The molecule has 1 aliphatic rings. The van der Waals surface area contributed by atoms with Gasteiger partial charge in [0.25, 0.3) is 0 Å². The van der Waals surface area contributed by atoms with Crippen LogP contribution < -0.4 is 5.73 Å². The second kappa shape index (κ2) is 7.06. The zero-order valence-corrected chi connectivity index (χ0v) is 12.3. The highest BCUT2D eigenvalue weighted by atomic mass is 16.5. The molecule has 0 saturated carbocycles. The van der Waals surface area contributed by atoms with E-state index in [1.165, 1.54) is 30.4 Å². The van der Waals surface area contributed by atoms with Crippen LogP contribution in [0.4, 0.5) is 0 Å². The lowest BCUT2D eigenvalue weighted by Gasteiger charge is -2.24. The number of unbranched alkanes of at least 4 members (excludes halogenated alkanes) is 1. The average molecular weight is 261 g/mol. The number of benzene rings is 1. The maximum atomic E-state index is 6.44. The molecule has 1 saturated heterocycles. The predicted octanol–water partition coefficient (Wildman–Crippen LogP) is 3.84. The predicted molar refractivity (Wildman–Crippen MR) is 80.1 cm³/mol. The van der Waals surface area contributed by atoms with Crippen molar-refractivity contribution in [1.82, 2.24) is 0 Å². The van der Waals surface area contributed by atoms with Crippen LogP contribution in [0, 0.1) is 5.92 Å². The first-order valence-corrected chi connectivity index (χ1v) is 7.72. The molecule has 3 atom stereocenters. The Morgan fingerprint density at radius 2 is 2.00 bits per heavy atom. The molecule has 2 rings (SSSR count). The normalized spacial score (nSPS) is 24.6. The summed E-state index contributed by atoms with van der Waals surface area (Å²) >= 11 is 0. The first-order valence-electron chi connectivity index (χ1n) is 7.72. The molecule has 19 heavy (non-hydrogen) atoms. The van der Waals surface area contributed by atoms with E-state index in [0.717, 1.165) is 19.4 Å². The average Bonchev–Trinajstić information content (AvgIpc) is 2.93. The largest absolute Gasteiger partial charge is 0.378 e. The molecular weight excluding hydrogens is 234 g/mol. The summed E-state index contributed by atoms with van der Waals surface area (Å²) in [6.07, 6.45) is 6.19. The maximum Gasteiger partial charge on any atom is 0.0619 e. The van der Waals surface area contributed by atoms with Crippen LogP contribution in [0.15, 0.2) is 24.3 Å². The van der Waals surface area contributed by atoms with Gasteiger partial charge in [0.05, 0.1) is 6.10 Å². The van der Waals surface area contributed by atoms with Gasteiger partial charge in [-0.05, 0) is 36.8 Å². The number of rotatable bonds is 6. The highest BCUT2D eigenvalue weighted by Gasteiger charge is 2.32. The van der Waals surface area contributed by atoms with Gasteiger partial charge in [-0.1, -0.05) is 44.5 Å². The van der Waals surface area contributed by atoms with Crippen LogP contribution in [0.1, 0.15) is 56.7 Å². The molecule has 1 aromatic rings. The fourth-order valence-electron chi connectivity index (χ4n) is 3.03. The lowest BCUT2D eigenvalue weighted by molar-refractivity contribution is 0.0813.